The van der Waals surface area contributed by atoms with E-state index in [1.165, 1.54) is 19.1 Å². The second kappa shape index (κ2) is 9.99. The van der Waals surface area contributed by atoms with E-state index < -0.39 is 5.91 Å². The number of nitrogens with zero attached hydrogens (tertiary/aromatic N) is 1. The summed E-state index contributed by atoms with van der Waals surface area (Å²) in [6.45, 7) is 0.692. The summed E-state index contributed by atoms with van der Waals surface area (Å²) in [5, 5.41) is 3.11. The third-order valence-electron chi connectivity index (χ3n) is 4.94. The Kier molecular flexibility index (Phi) is 7.15. The standard InChI is InChI=1S/C23H26N2O6/c1-28-13-7-12-25-22(26)20(15-10-11-18(30-3)19(14-15)31-4)21(23(25)27)24-16-8-5-6-9-17(16)29-2/h5-6,8-11,14,24H,7,12-13H2,1-4H3. The summed E-state index contributed by atoms with van der Waals surface area (Å²) < 4.78 is 21.1. The number of hydrogen-bond acceptors (Lipinski definition) is 7. The SMILES string of the molecule is COCCCN1C(=O)C(Nc2ccccc2OC)=C(c2ccc(OC)c(OC)c2)C1=O. The van der Waals surface area contributed by atoms with E-state index in [2.05, 4.69) is 5.32 Å². The fourth-order valence-electron chi connectivity index (χ4n) is 3.40. The van der Waals surface area contributed by atoms with Crippen molar-refractivity contribution in [2.75, 3.05) is 46.9 Å². The first-order valence-electron chi connectivity index (χ1n) is 9.77. The van der Waals surface area contributed by atoms with Crippen molar-refractivity contribution in [3.05, 3.63) is 53.7 Å². The highest BCUT2D eigenvalue weighted by atomic mass is 16.5. The molecule has 0 fully saturated rings. The van der Waals surface area contributed by atoms with Gasteiger partial charge in [-0.3, -0.25) is 14.5 Å². The molecule has 0 aliphatic carbocycles. The van der Waals surface area contributed by atoms with Crippen LogP contribution in [-0.4, -0.2) is 58.3 Å². The molecule has 1 heterocycles. The summed E-state index contributed by atoms with van der Waals surface area (Å²) in [6.07, 6.45) is 0.537. The number of methoxy groups -OCH3 is 4. The molecule has 2 amide bonds. The molecule has 0 bridgehead atoms. The first-order chi connectivity index (χ1) is 15.0. The van der Waals surface area contributed by atoms with E-state index >= 15 is 0 Å². The number of amides is 2. The van der Waals surface area contributed by atoms with Gasteiger partial charge >= 0.3 is 0 Å². The molecule has 31 heavy (non-hydrogen) atoms. The molecule has 0 aromatic heterocycles. The Morgan fingerprint density at radius 1 is 0.839 bits per heavy atom. The summed E-state index contributed by atoms with van der Waals surface area (Å²) in [5.41, 5.74) is 1.56. The summed E-state index contributed by atoms with van der Waals surface area (Å²) in [6, 6.07) is 12.3. The fraction of sp³-hybridized carbons (Fsp3) is 0.304. The number of hydrogen-bond donors (Lipinski definition) is 1. The molecule has 0 saturated carbocycles. The number of carbonyl (C=O) groups is 2. The lowest BCUT2D eigenvalue weighted by molar-refractivity contribution is -0.136. The molecule has 2 aromatic rings. The molecule has 0 saturated heterocycles. The van der Waals surface area contributed by atoms with Crippen molar-refractivity contribution in [3.8, 4) is 17.2 Å². The lowest BCUT2D eigenvalue weighted by Gasteiger charge is -2.15. The van der Waals surface area contributed by atoms with Crippen LogP contribution in [0.1, 0.15) is 12.0 Å². The van der Waals surface area contributed by atoms with Gasteiger partial charge in [-0.2, -0.15) is 0 Å². The van der Waals surface area contributed by atoms with E-state index in [0.29, 0.717) is 41.5 Å². The molecular weight excluding hydrogens is 400 g/mol. The summed E-state index contributed by atoms with van der Waals surface area (Å²) in [5.74, 6) is 0.754. The molecule has 8 heteroatoms. The predicted molar refractivity (Wildman–Crippen MR) is 116 cm³/mol. The molecule has 0 atom stereocenters. The molecule has 0 spiro atoms. The summed E-state index contributed by atoms with van der Waals surface area (Å²) >= 11 is 0. The average Bonchev–Trinajstić information content (AvgIpc) is 3.03. The lowest BCUT2D eigenvalue weighted by Crippen LogP contribution is -2.33. The molecular formula is C23H26N2O6. The monoisotopic (exact) mass is 426 g/mol. The minimum atomic E-state index is -0.406. The molecule has 164 valence electrons. The van der Waals surface area contributed by atoms with Crippen LogP contribution in [0.5, 0.6) is 17.2 Å². The molecule has 1 N–H and O–H groups in total. The summed E-state index contributed by atoms with van der Waals surface area (Å²) in [7, 11) is 6.17. The van der Waals surface area contributed by atoms with Gasteiger partial charge in [-0.1, -0.05) is 18.2 Å². The highest BCUT2D eigenvalue weighted by Crippen LogP contribution is 2.36. The Balaban J connectivity index is 2.08. The maximum atomic E-state index is 13.3. The van der Waals surface area contributed by atoms with Crippen LogP contribution in [0.15, 0.2) is 48.2 Å². The minimum absolute atomic E-state index is 0.180. The second-order valence-electron chi connectivity index (χ2n) is 6.75. The van der Waals surface area contributed by atoms with Crippen LogP contribution in [0.25, 0.3) is 5.57 Å². The van der Waals surface area contributed by atoms with Crippen LogP contribution >= 0.6 is 0 Å². The molecule has 1 aliphatic rings. The number of carbonyl (C=O) groups excluding carboxylic acids is 2. The number of nitrogens with one attached hydrogen (secondary N) is 1. The fourth-order valence-corrected chi connectivity index (χ4v) is 3.40. The van der Waals surface area contributed by atoms with Crippen molar-refractivity contribution in [2.24, 2.45) is 0 Å². The molecule has 2 aromatic carbocycles. The van der Waals surface area contributed by atoms with Crippen LogP contribution in [0, 0.1) is 0 Å². The molecule has 0 unspecified atom stereocenters. The Labute approximate surface area is 181 Å². The Morgan fingerprint density at radius 2 is 1.55 bits per heavy atom. The number of anilines is 1. The number of ether oxygens (including phenoxy) is 4. The topological polar surface area (TPSA) is 86.3 Å². The number of rotatable bonds is 10. The van der Waals surface area contributed by atoms with Gasteiger partial charge in [0.2, 0.25) is 0 Å². The predicted octanol–water partition coefficient (Wildman–Crippen LogP) is 2.94. The number of benzene rings is 2. The van der Waals surface area contributed by atoms with Gasteiger partial charge in [0.15, 0.2) is 11.5 Å². The van der Waals surface area contributed by atoms with Crippen LogP contribution in [0.2, 0.25) is 0 Å². The highest BCUT2D eigenvalue weighted by molar-refractivity contribution is 6.36. The van der Waals surface area contributed by atoms with Gasteiger partial charge in [0.1, 0.15) is 11.4 Å². The van der Waals surface area contributed by atoms with Gasteiger partial charge in [0, 0.05) is 20.3 Å². The van der Waals surface area contributed by atoms with E-state index in [-0.39, 0.29) is 23.7 Å². The smallest absolute Gasteiger partial charge is 0.278 e. The van der Waals surface area contributed by atoms with Crippen molar-refractivity contribution in [1.29, 1.82) is 0 Å². The Hall–Kier alpha value is -3.52. The number of imide groups is 1. The first kappa shape index (κ1) is 22.2. The quantitative estimate of drug-likeness (QED) is 0.462. The van der Waals surface area contributed by atoms with E-state index in [4.69, 9.17) is 18.9 Å². The Bertz CT molecular complexity index is 1000. The van der Waals surface area contributed by atoms with E-state index in [0.717, 1.165) is 0 Å². The summed E-state index contributed by atoms with van der Waals surface area (Å²) in [4.78, 5) is 27.7. The van der Waals surface area contributed by atoms with Crippen molar-refractivity contribution in [1.82, 2.24) is 4.90 Å². The van der Waals surface area contributed by atoms with Gasteiger partial charge in [-0.05, 0) is 36.2 Å². The maximum absolute atomic E-state index is 13.3. The molecule has 0 radical (unpaired) electrons. The van der Waals surface area contributed by atoms with E-state index in [1.807, 2.05) is 12.1 Å². The van der Waals surface area contributed by atoms with E-state index in [9.17, 15) is 9.59 Å². The first-order valence-corrected chi connectivity index (χ1v) is 9.77. The lowest BCUT2D eigenvalue weighted by atomic mass is 10.0. The third-order valence-corrected chi connectivity index (χ3v) is 4.94. The van der Waals surface area contributed by atoms with Crippen LogP contribution < -0.4 is 19.5 Å². The second-order valence-corrected chi connectivity index (χ2v) is 6.75. The minimum Gasteiger partial charge on any atom is -0.495 e. The van der Waals surface area contributed by atoms with Gasteiger partial charge in [0.25, 0.3) is 11.8 Å². The normalized spacial score (nSPS) is 13.6. The molecule has 1 aliphatic heterocycles. The van der Waals surface area contributed by atoms with Crippen LogP contribution in [0.4, 0.5) is 5.69 Å². The van der Waals surface area contributed by atoms with Crippen LogP contribution in [0.3, 0.4) is 0 Å². The van der Waals surface area contributed by atoms with Crippen molar-refractivity contribution in [3.63, 3.8) is 0 Å². The largest absolute Gasteiger partial charge is 0.495 e. The zero-order valence-corrected chi connectivity index (χ0v) is 18.1. The van der Waals surface area contributed by atoms with Gasteiger partial charge in [-0.25, -0.2) is 0 Å². The van der Waals surface area contributed by atoms with Gasteiger partial charge < -0.3 is 24.3 Å². The third kappa shape index (κ3) is 4.49. The van der Waals surface area contributed by atoms with Crippen molar-refractivity contribution < 1.29 is 28.5 Å². The van der Waals surface area contributed by atoms with Crippen LogP contribution in [-0.2, 0) is 14.3 Å². The molecule has 8 nitrogen and oxygen atoms in total. The van der Waals surface area contributed by atoms with Gasteiger partial charge in [-0.15, -0.1) is 0 Å². The highest BCUT2D eigenvalue weighted by Gasteiger charge is 2.39. The van der Waals surface area contributed by atoms with E-state index in [1.54, 1.807) is 44.6 Å². The zero-order chi connectivity index (χ0) is 22.4. The Morgan fingerprint density at radius 3 is 2.23 bits per heavy atom. The average molecular weight is 426 g/mol. The van der Waals surface area contributed by atoms with Gasteiger partial charge in [0.05, 0.1) is 32.6 Å². The van der Waals surface area contributed by atoms with Crippen molar-refractivity contribution in [2.45, 2.75) is 6.42 Å². The van der Waals surface area contributed by atoms with Crippen molar-refractivity contribution >= 4 is 23.1 Å². The molecule has 3 rings (SSSR count). The zero-order valence-electron chi connectivity index (χ0n) is 18.1. The maximum Gasteiger partial charge on any atom is 0.278 e. The number of para-hydroxylation sites is 2.